The van der Waals surface area contributed by atoms with Crippen LogP contribution in [0.3, 0.4) is 0 Å². The molecule has 0 aromatic carbocycles. The van der Waals surface area contributed by atoms with E-state index in [4.69, 9.17) is 5.11 Å². The number of hydrogen-bond acceptors (Lipinski definition) is 3. The fourth-order valence-electron chi connectivity index (χ4n) is 1.57. The van der Waals surface area contributed by atoms with Crippen molar-refractivity contribution in [3.05, 3.63) is 10.1 Å². The van der Waals surface area contributed by atoms with Gasteiger partial charge < -0.3 is 5.11 Å². The molecule has 1 N–H and O–H groups in total. The van der Waals surface area contributed by atoms with Gasteiger partial charge in [0.25, 0.3) is 0 Å². The number of nitrogens with zero attached hydrogens (tertiary/aromatic N) is 1. The number of rotatable bonds is 6. The van der Waals surface area contributed by atoms with Crippen molar-refractivity contribution < 1.29 is 14.8 Å². The minimum Gasteiger partial charge on any atom is -0.481 e. The molecule has 0 aromatic heterocycles. The Morgan fingerprint density at radius 3 is 2.27 bits per heavy atom. The quantitative estimate of drug-likeness (QED) is 0.546. The Balaban J connectivity index is 4.19. The molecule has 15 heavy (non-hydrogen) atoms. The highest BCUT2D eigenvalue weighted by molar-refractivity contribution is 5.66. The zero-order valence-corrected chi connectivity index (χ0v) is 9.52. The van der Waals surface area contributed by atoms with Gasteiger partial charge in [-0.25, -0.2) is 0 Å². The number of carboxylic acids is 1. The monoisotopic (exact) mass is 217 g/mol. The van der Waals surface area contributed by atoms with Crippen molar-refractivity contribution in [1.29, 1.82) is 0 Å². The Bertz CT molecular complexity index is 214. The number of hydrogen-bond donors (Lipinski definition) is 1. The molecular formula is C10H19NO4. The summed E-state index contributed by atoms with van der Waals surface area (Å²) in [5.41, 5.74) is -0.0779. The number of aliphatic carboxylic acids is 1. The average Bonchev–Trinajstić information content (AvgIpc) is 2.00. The third-order valence-electron chi connectivity index (χ3n) is 2.59. The lowest BCUT2D eigenvalue weighted by Crippen LogP contribution is -2.24. The topological polar surface area (TPSA) is 80.4 Å². The van der Waals surface area contributed by atoms with E-state index in [2.05, 4.69) is 0 Å². The molecular weight excluding hydrogens is 198 g/mol. The molecule has 0 radical (unpaired) electrons. The zero-order chi connectivity index (χ0) is 12.1. The normalized spacial score (nSPS) is 13.5. The number of nitro groups is 1. The van der Waals surface area contributed by atoms with E-state index < -0.39 is 5.97 Å². The Hall–Kier alpha value is -1.13. The van der Waals surface area contributed by atoms with Crippen LogP contribution in [0.25, 0.3) is 0 Å². The van der Waals surface area contributed by atoms with E-state index in [9.17, 15) is 14.9 Å². The van der Waals surface area contributed by atoms with E-state index in [-0.39, 0.29) is 29.2 Å². The Morgan fingerprint density at radius 2 is 1.93 bits per heavy atom. The first kappa shape index (κ1) is 13.9. The van der Waals surface area contributed by atoms with Crippen LogP contribution in [0.15, 0.2) is 0 Å². The summed E-state index contributed by atoms with van der Waals surface area (Å²) >= 11 is 0. The summed E-state index contributed by atoms with van der Waals surface area (Å²) in [6, 6.07) is 0. The second-order valence-corrected chi connectivity index (χ2v) is 4.84. The van der Waals surface area contributed by atoms with Gasteiger partial charge in [0.2, 0.25) is 6.54 Å². The van der Waals surface area contributed by atoms with E-state index in [1.54, 1.807) is 0 Å². The fourth-order valence-corrected chi connectivity index (χ4v) is 1.57. The summed E-state index contributed by atoms with van der Waals surface area (Å²) in [6.45, 7) is 5.87. The maximum absolute atomic E-state index is 10.4. The smallest absolute Gasteiger partial charge is 0.303 e. The lowest BCUT2D eigenvalue weighted by atomic mass is 9.76. The first-order valence-electron chi connectivity index (χ1n) is 5.07. The first-order chi connectivity index (χ1) is 6.73. The van der Waals surface area contributed by atoms with Gasteiger partial charge in [-0.15, -0.1) is 0 Å². The Morgan fingerprint density at radius 1 is 1.40 bits per heavy atom. The van der Waals surface area contributed by atoms with Crippen LogP contribution < -0.4 is 0 Å². The van der Waals surface area contributed by atoms with E-state index in [1.807, 2.05) is 20.8 Å². The maximum Gasteiger partial charge on any atom is 0.303 e. The van der Waals surface area contributed by atoms with Crippen molar-refractivity contribution in [3.8, 4) is 0 Å². The number of carboxylic acid groups (broad SMARTS) is 1. The van der Waals surface area contributed by atoms with Crippen molar-refractivity contribution in [1.82, 2.24) is 0 Å². The molecule has 0 bridgehead atoms. The minimum atomic E-state index is -0.842. The second-order valence-electron chi connectivity index (χ2n) is 4.84. The highest BCUT2D eigenvalue weighted by Gasteiger charge is 2.26. The van der Waals surface area contributed by atoms with Gasteiger partial charge in [-0.3, -0.25) is 14.9 Å². The van der Waals surface area contributed by atoms with E-state index in [0.717, 1.165) is 0 Å². The molecule has 1 unspecified atom stereocenters. The summed E-state index contributed by atoms with van der Waals surface area (Å²) in [6.07, 6.45) is 1.04. The van der Waals surface area contributed by atoms with E-state index in [0.29, 0.717) is 12.8 Å². The van der Waals surface area contributed by atoms with Gasteiger partial charge in [0.1, 0.15) is 0 Å². The molecule has 5 heteroatoms. The van der Waals surface area contributed by atoms with Gasteiger partial charge in [-0.2, -0.15) is 0 Å². The molecule has 0 rings (SSSR count). The minimum absolute atomic E-state index is 0.0779. The van der Waals surface area contributed by atoms with Crippen LogP contribution >= 0.6 is 0 Å². The summed E-state index contributed by atoms with van der Waals surface area (Å²) in [4.78, 5) is 20.3. The highest BCUT2D eigenvalue weighted by atomic mass is 16.6. The largest absolute Gasteiger partial charge is 0.481 e. The molecule has 0 aliphatic carbocycles. The predicted molar refractivity (Wildman–Crippen MR) is 56.3 cm³/mol. The molecule has 0 saturated carbocycles. The fraction of sp³-hybridized carbons (Fsp3) is 0.900. The Labute approximate surface area is 89.6 Å². The predicted octanol–water partition coefficient (Wildman–Crippen LogP) is 2.18. The van der Waals surface area contributed by atoms with Crippen molar-refractivity contribution in [3.63, 3.8) is 0 Å². The van der Waals surface area contributed by atoms with Gasteiger partial charge in [0, 0.05) is 17.8 Å². The van der Waals surface area contributed by atoms with Crippen molar-refractivity contribution >= 4 is 5.97 Å². The SMILES string of the molecule is CC(C)(C)C(CCC(=O)O)CC[N+](=O)[O-]. The standard InChI is InChI=1S/C10H19NO4/c1-10(2,3)8(4-5-9(12)13)6-7-11(14)15/h8H,4-7H2,1-3H3,(H,12,13). The molecule has 0 aliphatic heterocycles. The molecule has 0 saturated heterocycles. The van der Waals surface area contributed by atoms with E-state index in [1.165, 1.54) is 0 Å². The van der Waals surface area contributed by atoms with Gasteiger partial charge in [0.05, 0.1) is 0 Å². The summed E-state index contributed by atoms with van der Waals surface area (Å²) in [5, 5.41) is 18.8. The van der Waals surface area contributed by atoms with Crippen LogP contribution in [-0.4, -0.2) is 22.5 Å². The van der Waals surface area contributed by atoms with Gasteiger partial charge in [0.15, 0.2) is 0 Å². The van der Waals surface area contributed by atoms with Gasteiger partial charge in [-0.1, -0.05) is 20.8 Å². The van der Waals surface area contributed by atoms with Crippen LogP contribution in [0.4, 0.5) is 0 Å². The molecule has 0 heterocycles. The molecule has 5 nitrogen and oxygen atoms in total. The van der Waals surface area contributed by atoms with Crippen molar-refractivity contribution in [2.45, 2.75) is 40.0 Å². The lowest BCUT2D eigenvalue weighted by Gasteiger charge is -2.29. The molecule has 0 aliphatic rings. The van der Waals surface area contributed by atoms with Gasteiger partial charge in [-0.05, 0) is 17.8 Å². The average molecular weight is 217 g/mol. The summed E-state index contributed by atoms with van der Waals surface area (Å²) < 4.78 is 0. The molecule has 0 fully saturated rings. The first-order valence-corrected chi connectivity index (χ1v) is 5.07. The van der Waals surface area contributed by atoms with Crippen LogP contribution in [0.2, 0.25) is 0 Å². The third-order valence-corrected chi connectivity index (χ3v) is 2.59. The van der Waals surface area contributed by atoms with Crippen LogP contribution in [0, 0.1) is 21.4 Å². The summed E-state index contributed by atoms with van der Waals surface area (Å²) in [5.74, 6) is -0.760. The third kappa shape index (κ3) is 6.88. The molecule has 88 valence electrons. The van der Waals surface area contributed by atoms with Crippen LogP contribution in [-0.2, 0) is 4.79 Å². The molecule has 1 atom stereocenters. The highest BCUT2D eigenvalue weighted by Crippen LogP contribution is 2.32. The molecule has 0 amide bonds. The van der Waals surface area contributed by atoms with Crippen molar-refractivity contribution in [2.24, 2.45) is 11.3 Å². The maximum atomic E-state index is 10.4. The zero-order valence-electron chi connectivity index (χ0n) is 9.52. The van der Waals surface area contributed by atoms with Crippen molar-refractivity contribution in [2.75, 3.05) is 6.54 Å². The summed E-state index contributed by atoms with van der Waals surface area (Å²) in [7, 11) is 0. The molecule has 0 spiro atoms. The van der Waals surface area contributed by atoms with Gasteiger partial charge >= 0.3 is 5.97 Å². The van der Waals surface area contributed by atoms with E-state index >= 15 is 0 Å². The van der Waals surface area contributed by atoms with Crippen LogP contribution in [0.1, 0.15) is 40.0 Å². The van der Waals surface area contributed by atoms with Crippen LogP contribution in [0.5, 0.6) is 0 Å². The second kappa shape index (κ2) is 5.68. The number of carbonyl (C=O) groups is 1. The Kier molecular flexibility index (Phi) is 5.25. The molecule has 0 aromatic rings. The lowest BCUT2D eigenvalue weighted by molar-refractivity contribution is -0.482.